The molecule has 3 aliphatic rings. The van der Waals surface area contributed by atoms with E-state index in [2.05, 4.69) is 15.1 Å². The molecule has 3 aliphatic heterocycles. The minimum Gasteiger partial charge on any atom is -0.500 e. The third-order valence-electron chi connectivity index (χ3n) is 4.81. The number of nitrogens with zero attached hydrogens (tertiary/aromatic N) is 3. The Balaban J connectivity index is 1.87. The number of nitrogens with one attached hydrogen (secondary N) is 1. The molecule has 1 saturated heterocycles. The summed E-state index contributed by atoms with van der Waals surface area (Å²) in [6.45, 7) is 4.02. The van der Waals surface area contributed by atoms with E-state index in [4.69, 9.17) is 4.74 Å². The van der Waals surface area contributed by atoms with E-state index in [0.717, 1.165) is 37.3 Å². The molecule has 0 radical (unpaired) electrons. The molecule has 1 aromatic heterocycles. The number of ether oxygens (including phenoxy) is 1. The van der Waals surface area contributed by atoms with E-state index >= 15 is 0 Å². The molecule has 5 rings (SSSR count). The summed E-state index contributed by atoms with van der Waals surface area (Å²) in [4.78, 5) is 12.9. The van der Waals surface area contributed by atoms with Gasteiger partial charge in [-0.25, -0.2) is 0 Å². The van der Waals surface area contributed by atoms with Crippen molar-refractivity contribution in [1.82, 2.24) is 10.2 Å². The van der Waals surface area contributed by atoms with Gasteiger partial charge in [-0.05, 0) is 25.8 Å². The highest BCUT2D eigenvalue weighted by Crippen LogP contribution is 2.48. The zero-order chi connectivity index (χ0) is 16.8. The Morgan fingerprint density at radius 2 is 2.21 bits per heavy atom. The van der Waals surface area contributed by atoms with Gasteiger partial charge in [-0.15, -0.1) is 0 Å². The first-order valence-corrected chi connectivity index (χ1v) is 8.08. The summed E-state index contributed by atoms with van der Waals surface area (Å²) in [5.74, 6) is 0.135. The van der Waals surface area contributed by atoms with Crippen LogP contribution in [0.15, 0.2) is 12.1 Å². The van der Waals surface area contributed by atoms with Crippen molar-refractivity contribution < 1.29 is 14.8 Å². The number of H-pyrrole nitrogens is 1. The number of nitro benzene ring substituents is 1. The molecule has 1 aromatic carbocycles. The molecule has 0 saturated carbocycles. The van der Waals surface area contributed by atoms with Crippen LogP contribution in [0.5, 0.6) is 11.5 Å². The number of rotatable bonds is 4. The average molecular weight is 330 g/mol. The largest absolute Gasteiger partial charge is 0.500 e. The van der Waals surface area contributed by atoms with Crippen LogP contribution in [0.3, 0.4) is 0 Å². The minimum atomic E-state index is -0.604. The second-order valence-electron chi connectivity index (χ2n) is 6.13. The second kappa shape index (κ2) is 5.40. The summed E-state index contributed by atoms with van der Waals surface area (Å²) in [6.07, 6.45) is 2.21. The second-order valence-corrected chi connectivity index (χ2v) is 6.13. The number of nitro groups is 1. The molecule has 4 heterocycles. The lowest BCUT2D eigenvalue weighted by molar-refractivity contribution is -0.385. The molecule has 24 heavy (non-hydrogen) atoms. The van der Waals surface area contributed by atoms with Crippen LogP contribution in [0.4, 0.5) is 11.4 Å². The summed E-state index contributed by atoms with van der Waals surface area (Å²) in [7, 11) is 0. The highest BCUT2D eigenvalue weighted by molar-refractivity contribution is 5.82. The number of anilines is 1. The Hall–Kier alpha value is -2.77. The lowest BCUT2D eigenvalue weighted by Crippen LogP contribution is -2.38. The Morgan fingerprint density at radius 3 is 2.88 bits per heavy atom. The molecule has 0 atom stereocenters. The first kappa shape index (κ1) is 14.8. The predicted molar refractivity (Wildman–Crippen MR) is 87.7 cm³/mol. The summed E-state index contributed by atoms with van der Waals surface area (Å²) >= 11 is 0. The zero-order valence-electron chi connectivity index (χ0n) is 13.3. The molecular formula is C16H18N4O4. The molecule has 0 aliphatic carbocycles. The van der Waals surface area contributed by atoms with Crippen LogP contribution < -0.4 is 9.64 Å². The SMILES string of the molecule is CCOc1cc(-c2n[nH]c3c2N2CCC3CC2)cc([N+](=O)[O-])c1O. The summed E-state index contributed by atoms with van der Waals surface area (Å²) < 4.78 is 5.37. The zero-order valence-corrected chi connectivity index (χ0v) is 13.3. The van der Waals surface area contributed by atoms with Gasteiger partial charge in [0.2, 0.25) is 5.75 Å². The summed E-state index contributed by atoms with van der Waals surface area (Å²) in [5, 5.41) is 28.8. The standard InChI is InChI=1S/C16H18N4O4/c1-2-24-12-8-10(7-11(16(12)21)20(22)23)14-15-13(17-18-14)9-3-5-19(15)6-4-9/h7-9,21H,2-6H2,1H3,(H,17,18). The molecule has 1 fully saturated rings. The molecule has 0 spiro atoms. The number of hydrogen-bond donors (Lipinski definition) is 2. The molecule has 0 unspecified atom stereocenters. The van der Waals surface area contributed by atoms with Crippen molar-refractivity contribution in [2.24, 2.45) is 0 Å². The van der Waals surface area contributed by atoms with Gasteiger partial charge < -0.3 is 14.7 Å². The van der Waals surface area contributed by atoms with Gasteiger partial charge in [0.25, 0.3) is 0 Å². The van der Waals surface area contributed by atoms with Gasteiger partial charge in [-0.3, -0.25) is 15.2 Å². The van der Waals surface area contributed by atoms with Crippen LogP contribution in [0.25, 0.3) is 11.3 Å². The van der Waals surface area contributed by atoms with E-state index in [0.29, 0.717) is 23.8 Å². The minimum absolute atomic E-state index is 0.106. The van der Waals surface area contributed by atoms with Gasteiger partial charge >= 0.3 is 5.69 Å². The first-order chi connectivity index (χ1) is 11.6. The molecule has 8 heteroatoms. The van der Waals surface area contributed by atoms with Gasteiger partial charge in [0, 0.05) is 30.6 Å². The van der Waals surface area contributed by atoms with Gasteiger partial charge in [-0.2, -0.15) is 5.10 Å². The number of phenols is 1. The third-order valence-corrected chi connectivity index (χ3v) is 4.81. The Bertz CT molecular complexity index is 809. The fourth-order valence-electron chi connectivity index (χ4n) is 3.68. The van der Waals surface area contributed by atoms with Crippen molar-refractivity contribution >= 4 is 11.4 Å². The number of aromatic hydroxyl groups is 1. The highest BCUT2D eigenvalue weighted by atomic mass is 16.6. The normalized spacial score (nSPS) is 16.3. The fraction of sp³-hybridized carbons (Fsp3) is 0.438. The molecule has 2 aromatic rings. The monoisotopic (exact) mass is 330 g/mol. The number of fused-ring (bicyclic) bond motifs is 2. The van der Waals surface area contributed by atoms with E-state index < -0.39 is 10.7 Å². The molecule has 2 N–H and O–H groups in total. The maximum absolute atomic E-state index is 11.3. The molecule has 0 amide bonds. The van der Waals surface area contributed by atoms with Crippen LogP contribution in [-0.2, 0) is 0 Å². The van der Waals surface area contributed by atoms with Crippen LogP contribution in [0, 0.1) is 10.1 Å². The Morgan fingerprint density at radius 1 is 1.46 bits per heavy atom. The lowest BCUT2D eigenvalue weighted by atomic mass is 9.86. The van der Waals surface area contributed by atoms with Gasteiger partial charge in [0.1, 0.15) is 5.69 Å². The maximum atomic E-state index is 11.3. The quantitative estimate of drug-likeness (QED) is 0.660. The Labute approximate surface area is 138 Å². The van der Waals surface area contributed by atoms with E-state index in [1.165, 1.54) is 6.07 Å². The molecule has 126 valence electrons. The number of piperidine rings is 1. The van der Waals surface area contributed by atoms with Gasteiger partial charge in [0.05, 0.1) is 22.9 Å². The summed E-state index contributed by atoms with van der Waals surface area (Å²) in [5.41, 5.74) is 3.02. The van der Waals surface area contributed by atoms with Crippen LogP contribution in [-0.4, -0.2) is 39.9 Å². The predicted octanol–water partition coefficient (Wildman–Crippen LogP) is 2.79. The van der Waals surface area contributed by atoms with Crippen molar-refractivity contribution in [2.45, 2.75) is 25.7 Å². The lowest BCUT2D eigenvalue weighted by Gasteiger charge is -2.40. The number of benzene rings is 1. The molecule has 2 bridgehead atoms. The van der Waals surface area contributed by atoms with E-state index in [9.17, 15) is 15.2 Å². The highest BCUT2D eigenvalue weighted by Gasteiger charge is 2.36. The maximum Gasteiger partial charge on any atom is 0.315 e. The fourth-order valence-corrected chi connectivity index (χ4v) is 3.68. The Kier molecular flexibility index (Phi) is 3.33. The van der Waals surface area contributed by atoms with Crippen LogP contribution >= 0.6 is 0 Å². The number of aromatic amines is 1. The smallest absolute Gasteiger partial charge is 0.315 e. The van der Waals surface area contributed by atoms with Crippen molar-refractivity contribution in [3.8, 4) is 22.8 Å². The van der Waals surface area contributed by atoms with Crippen LogP contribution in [0.2, 0.25) is 0 Å². The van der Waals surface area contributed by atoms with Crippen molar-refractivity contribution in [3.05, 3.63) is 27.9 Å². The van der Waals surface area contributed by atoms with E-state index in [1.807, 2.05) is 0 Å². The molecular weight excluding hydrogens is 312 g/mol. The third kappa shape index (κ3) is 2.10. The van der Waals surface area contributed by atoms with E-state index in [1.54, 1.807) is 13.0 Å². The first-order valence-electron chi connectivity index (χ1n) is 8.08. The number of aromatic nitrogens is 2. The molecule has 8 nitrogen and oxygen atoms in total. The topological polar surface area (TPSA) is 105 Å². The van der Waals surface area contributed by atoms with Crippen molar-refractivity contribution in [1.29, 1.82) is 0 Å². The van der Waals surface area contributed by atoms with Gasteiger partial charge in [-0.1, -0.05) is 0 Å². The number of phenolic OH excluding ortho intramolecular Hbond substituents is 1. The van der Waals surface area contributed by atoms with Crippen molar-refractivity contribution in [2.75, 3.05) is 24.6 Å². The van der Waals surface area contributed by atoms with Crippen LogP contribution in [0.1, 0.15) is 31.4 Å². The van der Waals surface area contributed by atoms with Crippen molar-refractivity contribution in [3.63, 3.8) is 0 Å². The number of hydrogen-bond acceptors (Lipinski definition) is 6. The average Bonchev–Trinajstić information content (AvgIpc) is 3.05. The van der Waals surface area contributed by atoms with E-state index in [-0.39, 0.29) is 11.4 Å². The van der Waals surface area contributed by atoms with Gasteiger partial charge in [0.15, 0.2) is 5.75 Å². The summed E-state index contributed by atoms with van der Waals surface area (Å²) in [6, 6.07) is 2.98.